The van der Waals surface area contributed by atoms with Crippen LogP contribution in [0, 0.1) is 0 Å². The Morgan fingerprint density at radius 3 is 2.40 bits per heavy atom. The first kappa shape index (κ1) is 18.1. The van der Waals surface area contributed by atoms with Gasteiger partial charge >= 0.3 is 0 Å². The van der Waals surface area contributed by atoms with Crippen molar-refractivity contribution in [2.45, 2.75) is 51.9 Å². The molecule has 0 atom stereocenters. The van der Waals surface area contributed by atoms with Gasteiger partial charge in [0.1, 0.15) is 0 Å². The third kappa shape index (κ3) is 4.91. The van der Waals surface area contributed by atoms with Crippen molar-refractivity contribution in [3.05, 3.63) is 34.9 Å². The molecule has 2 aliphatic heterocycles. The van der Waals surface area contributed by atoms with E-state index in [4.69, 9.17) is 0 Å². The summed E-state index contributed by atoms with van der Waals surface area (Å²) >= 11 is 0. The lowest BCUT2D eigenvalue weighted by molar-refractivity contribution is -0.128. The SMILES string of the molecule is CC(=O)N1CCc2ccc(C(=O)CCCN3CCCCC3)cc2CC1. The number of rotatable bonds is 5. The predicted molar refractivity (Wildman–Crippen MR) is 100.0 cm³/mol. The van der Waals surface area contributed by atoms with E-state index < -0.39 is 0 Å². The summed E-state index contributed by atoms with van der Waals surface area (Å²) in [7, 11) is 0. The number of amides is 1. The highest BCUT2D eigenvalue weighted by molar-refractivity contribution is 5.96. The second-order valence-corrected chi connectivity index (χ2v) is 7.42. The average Bonchev–Trinajstić information content (AvgIpc) is 2.84. The summed E-state index contributed by atoms with van der Waals surface area (Å²) in [6, 6.07) is 6.14. The van der Waals surface area contributed by atoms with Crippen LogP contribution >= 0.6 is 0 Å². The van der Waals surface area contributed by atoms with Crippen LogP contribution in [-0.4, -0.2) is 54.2 Å². The molecule has 2 aliphatic rings. The van der Waals surface area contributed by atoms with Gasteiger partial charge < -0.3 is 9.80 Å². The maximum absolute atomic E-state index is 12.5. The van der Waals surface area contributed by atoms with Gasteiger partial charge in [0, 0.05) is 32.0 Å². The van der Waals surface area contributed by atoms with E-state index in [9.17, 15) is 9.59 Å². The van der Waals surface area contributed by atoms with E-state index in [0.29, 0.717) is 6.42 Å². The minimum Gasteiger partial charge on any atom is -0.342 e. The van der Waals surface area contributed by atoms with Gasteiger partial charge in [-0.15, -0.1) is 0 Å². The number of ketones is 1. The van der Waals surface area contributed by atoms with Gasteiger partial charge in [0.2, 0.25) is 5.91 Å². The quantitative estimate of drug-likeness (QED) is 0.772. The highest BCUT2D eigenvalue weighted by Gasteiger charge is 2.17. The van der Waals surface area contributed by atoms with Crippen LogP contribution in [0.4, 0.5) is 0 Å². The summed E-state index contributed by atoms with van der Waals surface area (Å²) in [5.41, 5.74) is 3.37. The van der Waals surface area contributed by atoms with Gasteiger partial charge in [-0.3, -0.25) is 9.59 Å². The Bertz CT molecular complexity index is 620. The number of Topliss-reactive ketones (excluding diaryl/α,β-unsaturated/α-hetero) is 1. The zero-order chi connectivity index (χ0) is 17.6. The molecule has 25 heavy (non-hydrogen) atoms. The summed E-state index contributed by atoms with van der Waals surface area (Å²) in [5.74, 6) is 0.397. The highest BCUT2D eigenvalue weighted by Crippen LogP contribution is 2.19. The molecular weight excluding hydrogens is 312 g/mol. The van der Waals surface area contributed by atoms with E-state index in [2.05, 4.69) is 17.0 Å². The second-order valence-electron chi connectivity index (χ2n) is 7.42. The molecule has 4 heteroatoms. The van der Waals surface area contributed by atoms with Crippen LogP contribution in [0.15, 0.2) is 18.2 Å². The lowest BCUT2D eigenvalue weighted by Gasteiger charge is -2.26. The molecule has 136 valence electrons. The minimum absolute atomic E-state index is 0.141. The normalized spacial score (nSPS) is 18.5. The number of piperidine rings is 1. The predicted octanol–water partition coefficient (Wildman–Crippen LogP) is 3.08. The van der Waals surface area contributed by atoms with Crippen LogP contribution in [0.5, 0.6) is 0 Å². The maximum Gasteiger partial charge on any atom is 0.219 e. The summed E-state index contributed by atoms with van der Waals surface area (Å²) in [4.78, 5) is 28.5. The van der Waals surface area contributed by atoms with Crippen LogP contribution in [0.2, 0.25) is 0 Å². The first-order valence-electron chi connectivity index (χ1n) is 9.76. The van der Waals surface area contributed by atoms with E-state index in [1.165, 1.54) is 43.5 Å². The fraction of sp³-hybridized carbons (Fsp3) is 0.619. The van der Waals surface area contributed by atoms with E-state index in [1.54, 1.807) is 6.92 Å². The number of carbonyl (C=O) groups is 2. The highest BCUT2D eigenvalue weighted by atomic mass is 16.2. The summed E-state index contributed by atoms with van der Waals surface area (Å²) in [6.45, 7) is 6.61. The number of hydrogen-bond donors (Lipinski definition) is 0. The first-order chi connectivity index (χ1) is 12.1. The molecular formula is C21H30N2O2. The molecule has 0 spiro atoms. The Labute approximate surface area is 151 Å². The standard InChI is InChI=1S/C21H30N2O2/c1-17(24)23-14-9-18-7-8-20(16-19(18)10-15-23)21(25)6-5-13-22-11-3-2-4-12-22/h7-8,16H,2-6,9-15H2,1H3. The molecule has 0 bridgehead atoms. The zero-order valence-electron chi connectivity index (χ0n) is 15.4. The number of carbonyl (C=O) groups excluding carboxylic acids is 2. The lowest BCUT2D eigenvalue weighted by atomic mass is 9.97. The second kappa shape index (κ2) is 8.61. The molecule has 3 rings (SSSR count). The van der Waals surface area contributed by atoms with Crippen LogP contribution in [-0.2, 0) is 17.6 Å². The molecule has 0 unspecified atom stereocenters. The van der Waals surface area contributed by atoms with Gasteiger partial charge in [-0.05, 0) is 68.9 Å². The van der Waals surface area contributed by atoms with Crippen LogP contribution in [0.1, 0.15) is 60.5 Å². The third-order valence-corrected chi connectivity index (χ3v) is 5.60. The molecule has 1 saturated heterocycles. The van der Waals surface area contributed by atoms with Gasteiger partial charge in [-0.1, -0.05) is 18.6 Å². The number of nitrogens with zero attached hydrogens (tertiary/aromatic N) is 2. The molecule has 0 saturated carbocycles. The van der Waals surface area contributed by atoms with Crippen molar-refractivity contribution >= 4 is 11.7 Å². The van der Waals surface area contributed by atoms with Crippen molar-refractivity contribution in [2.75, 3.05) is 32.7 Å². The number of fused-ring (bicyclic) bond motifs is 1. The van der Waals surface area contributed by atoms with Crippen molar-refractivity contribution in [1.29, 1.82) is 0 Å². The van der Waals surface area contributed by atoms with Gasteiger partial charge in [-0.25, -0.2) is 0 Å². The van der Waals surface area contributed by atoms with Crippen molar-refractivity contribution in [2.24, 2.45) is 0 Å². The van der Waals surface area contributed by atoms with Gasteiger partial charge in [0.05, 0.1) is 0 Å². The first-order valence-corrected chi connectivity index (χ1v) is 9.76. The fourth-order valence-electron chi connectivity index (χ4n) is 4.00. The Kier molecular flexibility index (Phi) is 6.24. The Morgan fingerprint density at radius 1 is 0.960 bits per heavy atom. The fourth-order valence-corrected chi connectivity index (χ4v) is 4.00. The monoisotopic (exact) mass is 342 g/mol. The number of likely N-dealkylation sites (tertiary alicyclic amines) is 1. The summed E-state index contributed by atoms with van der Waals surface area (Å²) in [5, 5.41) is 0. The van der Waals surface area contributed by atoms with E-state index >= 15 is 0 Å². The topological polar surface area (TPSA) is 40.6 Å². The molecule has 1 aromatic carbocycles. The van der Waals surface area contributed by atoms with Gasteiger partial charge in [-0.2, -0.15) is 0 Å². The minimum atomic E-state index is 0.141. The number of benzene rings is 1. The molecule has 2 heterocycles. The largest absolute Gasteiger partial charge is 0.342 e. The van der Waals surface area contributed by atoms with E-state index in [0.717, 1.165) is 44.5 Å². The summed E-state index contributed by atoms with van der Waals surface area (Å²) < 4.78 is 0. The smallest absolute Gasteiger partial charge is 0.219 e. The molecule has 0 N–H and O–H groups in total. The molecule has 0 aromatic heterocycles. The van der Waals surface area contributed by atoms with E-state index in [1.807, 2.05) is 11.0 Å². The zero-order valence-corrected chi connectivity index (χ0v) is 15.4. The van der Waals surface area contributed by atoms with E-state index in [-0.39, 0.29) is 11.7 Å². The van der Waals surface area contributed by atoms with Crippen molar-refractivity contribution in [1.82, 2.24) is 9.80 Å². The molecule has 4 nitrogen and oxygen atoms in total. The molecule has 1 fully saturated rings. The molecule has 1 aromatic rings. The maximum atomic E-state index is 12.5. The van der Waals surface area contributed by atoms with Crippen molar-refractivity contribution < 1.29 is 9.59 Å². The summed E-state index contributed by atoms with van der Waals surface area (Å²) in [6.07, 6.45) is 7.28. The Hall–Kier alpha value is -1.68. The van der Waals surface area contributed by atoms with Crippen molar-refractivity contribution in [3.63, 3.8) is 0 Å². The number of hydrogen-bond acceptors (Lipinski definition) is 3. The molecule has 0 aliphatic carbocycles. The van der Waals surface area contributed by atoms with Gasteiger partial charge in [0.25, 0.3) is 0 Å². The van der Waals surface area contributed by atoms with Crippen LogP contribution in [0.3, 0.4) is 0 Å². The van der Waals surface area contributed by atoms with Gasteiger partial charge in [0.15, 0.2) is 5.78 Å². The Morgan fingerprint density at radius 2 is 1.68 bits per heavy atom. The lowest BCUT2D eigenvalue weighted by Crippen LogP contribution is -2.30. The van der Waals surface area contributed by atoms with Crippen molar-refractivity contribution in [3.8, 4) is 0 Å². The average molecular weight is 342 g/mol. The Balaban J connectivity index is 1.54. The third-order valence-electron chi connectivity index (χ3n) is 5.60. The van der Waals surface area contributed by atoms with Crippen LogP contribution < -0.4 is 0 Å². The molecule has 0 radical (unpaired) electrons. The molecule has 1 amide bonds. The van der Waals surface area contributed by atoms with Crippen LogP contribution in [0.25, 0.3) is 0 Å².